The van der Waals surface area contributed by atoms with Crippen molar-refractivity contribution in [3.63, 3.8) is 0 Å². The molecule has 23 heteroatoms. The lowest BCUT2D eigenvalue weighted by Crippen LogP contribution is -2.64. The van der Waals surface area contributed by atoms with Crippen molar-refractivity contribution < 1.29 is 72.0 Å². The summed E-state index contributed by atoms with van der Waals surface area (Å²) in [6.45, 7) is 8.29. The van der Waals surface area contributed by atoms with Gasteiger partial charge in [0.15, 0.2) is 24.0 Å². The maximum atomic E-state index is 13.1. The standard InChI is InChI=1S/C34H58N7O15P/c1-19(2)52-15-23-29(56-57(47,48)20(3)4)30(33(54-23)41-17-39-26-31(35)37-16-38-32(26)41)53-18-50-13-12-49-11-9-36-24(44)8-6-7-10-51-34-25(40-21(5)43)28(46)27(45)22(14-42)55-34/h16-17,19-20,22-23,25,27-30,33-34,42,45-46H,6-15,18H2,1-5H3,(H,36,44)(H,40,43)(H,47,48)(H2,35,37,38)/t22-,23-,25-,27+,28-,29-,30-,33-,34-/m1/s1. The summed E-state index contributed by atoms with van der Waals surface area (Å²) in [6.07, 6.45) is -4.97. The Labute approximate surface area is 330 Å². The number of aliphatic hydroxyl groups is 3. The van der Waals surface area contributed by atoms with Gasteiger partial charge in [-0.05, 0) is 26.7 Å². The molecule has 8 N–H and O–H groups in total. The largest absolute Gasteiger partial charge is 0.394 e. The van der Waals surface area contributed by atoms with Crippen molar-refractivity contribution in [1.29, 1.82) is 0 Å². The molecule has 10 atom stereocenters. The van der Waals surface area contributed by atoms with Crippen LogP contribution in [-0.4, -0.2) is 165 Å². The van der Waals surface area contributed by atoms with E-state index < -0.39 is 81.0 Å². The van der Waals surface area contributed by atoms with Gasteiger partial charge in [-0.15, -0.1) is 0 Å². The summed E-state index contributed by atoms with van der Waals surface area (Å²) in [6, 6.07) is -1.03. The number of nitrogen functional groups attached to an aromatic ring is 1. The number of carbonyl (C=O) groups excluding carboxylic acids is 2. The SMILES string of the molecule is CC(=O)N[C@H]1[C@H](OCCCCC(=O)NCCOCCOCO[C@@H]2[C@H](OP(=O)(O)C(C)C)[C@@H](COC(C)C)O[C@H]2n2cnc3c(N)ncnc32)O[C@H](CO)[C@H](O)[C@@H]1O. The Morgan fingerprint density at radius 1 is 0.982 bits per heavy atom. The van der Waals surface area contributed by atoms with Crippen LogP contribution in [0.2, 0.25) is 0 Å². The van der Waals surface area contributed by atoms with Crippen LogP contribution in [0.3, 0.4) is 0 Å². The molecule has 0 aliphatic carbocycles. The Morgan fingerprint density at radius 2 is 1.74 bits per heavy atom. The summed E-state index contributed by atoms with van der Waals surface area (Å²) in [4.78, 5) is 47.2. The van der Waals surface area contributed by atoms with Gasteiger partial charge >= 0.3 is 7.60 Å². The highest BCUT2D eigenvalue weighted by molar-refractivity contribution is 7.53. The fraction of sp³-hybridized carbons (Fsp3) is 0.794. The minimum Gasteiger partial charge on any atom is -0.394 e. The molecule has 2 amide bonds. The molecule has 0 radical (unpaired) electrons. The molecule has 2 fully saturated rings. The quantitative estimate of drug-likeness (QED) is 0.0392. The molecule has 324 valence electrons. The average molecular weight is 836 g/mol. The van der Waals surface area contributed by atoms with Crippen molar-refractivity contribution in [3.05, 3.63) is 12.7 Å². The molecule has 22 nitrogen and oxygen atoms in total. The maximum absolute atomic E-state index is 13.1. The van der Waals surface area contributed by atoms with E-state index in [-0.39, 0.29) is 70.6 Å². The van der Waals surface area contributed by atoms with Crippen LogP contribution >= 0.6 is 7.60 Å². The normalized spacial score (nSPS) is 27.6. The van der Waals surface area contributed by atoms with E-state index in [1.807, 2.05) is 13.8 Å². The molecule has 0 saturated carbocycles. The second kappa shape index (κ2) is 22.4. The lowest BCUT2D eigenvalue weighted by molar-refractivity contribution is -0.270. The Kier molecular flexibility index (Phi) is 18.4. The number of ether oxygens (including phenoxy) is 7. The number of aromatic nitrogens is 4. The van der Waals surface area contributed by atoms with Gasteiger partial charge in [0.1, 0.15) is 61.3 Å². The van der Waals surface area contributed by atoms with Crippen LogP contribution in [0.1, 0.15) is 60.1 Å². The zero-order valence-electron chi connectivity index (χ0n) is 32.9. The second-order valence-corrected chi connectivity index (χ2v) is 16.5. The highest BCUT2D eigenvalue weighted by Crippen LogP contribution is 2.52. The van der Waals surface area contributed by atoms with Gasteiger partial charge < -0.3 is 69.7 Å². The molecule has 2 aliphatic rings. The third-order valence-corrected chi connectivity index (χ3v) is 10.9. The van der Waals surface area contributed by atoms with Crippen LogP contribution < -0.4 is 16.4 Å². The fourth-order valence-corrected chi connectivity index (χ4v) is 6.81. The van der Waals surface area contributed by atoms with Crippen molar-refractivity contribution in [2.24, 2.45) is 0 Å². The van der Waals surface area contributed by atoms with Gasteiger partial charge in [0, 0.05) is 26.5 Å². The van der Waals surface area contributed by atoms with Crippen LogP contribution in [0, 0.1) is 0 Å². The number of anilines is 1. The van der Waals surface area contributed by atoms with Crippen molar-refractivity contribution in [2.75, 3.05) is 58.7 Å². The van der Waals surface area contributed by atoms with E-state index in [9.17, 15) is 34.4 Å². The predicted octanol–water partition coefficient (Wildman–Crippen LogP) is -0.667. The van der Waals surface area contributed by atoms with E-state index in [2.05, 4.69) is 25.6 Å². The zero-order chi connectivity index (χ0) is 41.7. The number of aliphatic hydroxyl groups excluding tert-OH is 3. The summed E-state index contributed by atoms with van der Waals surface area (Å²) in [7, 11) is -4.11. The molecule has 1 unspecified atom stereocenters. The molecule has 2 aromatic rings. The molecule has 2 saturated heterocycles. The van der Waals surface area contributed by atoms with Gasteiger partial charge in [-0.25, -0.2) is 15.0 Å². The summed E-state index contributed by atoms with van der Waals surface area (Å²) in [5.41, 5.74) is 6.01. The highest BCUT2D eigenvalue weighted by atomic mass is 31.2. The Hall–Kier alpha value is -2.96. The van der Waals surface area contributed by atoms with E-state index in [1.54, 1.807) is 18.4 Å². The van der Waals surface area contributed by atoms with Crippen molar-refractivity contribution in [3.8, 4) is 0 Å². The number of imidazole rings is 1. The zero-order valence-corrected chi connectivity index (χ0v) is 33.8. The van der Waals surface area contributed by atoms with Crippen LogP contribution in [0.5, 0.6) is 0 Å². The van der Waals surface area contributed by atoms with Crippen molar-refractivity contribution in [2.45, 2.75) is 121 Å². The smallest absolute Gasteiger partial charge is 0.331 e. The number of hydrogen-bond acceptors (Lipinski definition) is 18. The molecular formula is C34H58N7O15P. The number of hydrogen-bond donors (Lipinski definition) is 7. The number of nitrogens with two attached hydrogens (primary N) is 1. The Balaban J connectivity index is 1.18. The van der Waals surface area contributed by atoms with Gasteiger partial charge in [0.25, 0.3) is 0 Å². The molecule has 0 aromatic carbocycles. The summed E-state index contributed by atoms with van der Waals surface area (Å²) < 4.78 is 61.2. The second-order valence-electron chi connectivity index (χ2n) is 14.1. The van der Waals surface area contributed by atoms with E-state index in [1.165, 1.54) is 19.6 Å². The van der Waals surface area contributed by atoms with Gasteiger partial charge in [-0.1, -0.05) is 13.8 Å². The van der Waals surface area contributed by atoms with Crippen LogP contribution in [0.4, 0.5) is 5.82 Å². The molecule has 57 heavy (non-hydrogen) atoms. The summed E-state index contributed by atoms with van der Waals surface area (Å²) in [5, 5.41) is 35.2. The van der Waals surface area contributed by atoms with Crippen LogP contribution in [0.25, 0.3) is 11.2 Å². The third-order valence-electron chi connectivity index (χ3n) is 9.08. The molecule has 0 bridgehead atoms. The van der Waals surface area contributed by atoms with E-state index in [4.69, 9.17) is 43.4 Å². The number of rotatable bonds is 24. The van der Waals surface area contributed by atoms with E-state index >= 15 is 0 Å². The fourth-order valence-electron chi connectivity index (χ4n) is 5.97. The minimum absolute atomic E-state index is 0.0439. The Bertz CT molecular complexity index is 1610. The summed E-state index contributed by atoms with van der Waals surface area (Å²) in [5.74, 6) is -0.481. The lowest BCUT2D eigenvalue weighted by Gasteiger charge is -2.42. The number of carbonyl (C=O) groups is 2. The molecular weight excluding hydrogens is 777 g/mol. The Morgan fingerprint density at radius 3 is 2.44 bits per heavy atom. The molecule has 4 rings (SSSR count). The maximum Gasteiger partial charge on any atom is 0.331 e. The first-order valence-corrected chi connectivity index (χ1v) is 20.5. The number of unbranched alkanes of at least 4 members (excludes halogenated alkanes) is 1. The topological polar surface area (TPSA) is 300 Å². The van der Waals surface area contributed by atoms with E-state index in [0.29, 0.717) is 24.0 Å². The number of amides is 2. The van der Waals surface area contributed by atoms with Gasteiger partial charge in [0.05, 0.1) is 51.1 Å². The molecule has 4 heterocycles. The lowest BCUT2D eigenvalue weighted by atomic mass is 9.97. The number of fused-ring (bicyclic) bond motifs is 1. The van der Waals surface area contributed by atoms with Gasteiger partial charge in [0.2, 0.25) is 11.8 Å². The predicted molar refractivity (Wildman–Crippen MR) is 199 cm³/mol. The number of nitrogens with zero attached hydrogens (tertiary/aromatic N) is 4. The molecule has 2 aromatic heterocycles. The van der Waals surface area contributed by atoms with Crippen molar-refractivity contribution >= 4 is 36.4 Å². The average Bonchev–Trinajstić information content (AvgIpc) is 3.73. The highest BCUT2D eigenvalue weighted by Gasteiger charge is 2.51. The van der Waals surface area contributed by atoms with Crippen LogP contribution in [-0.2, 0) is 51.8 Å². The third kappa shape index (κ3) is 13.3. The minimum atomic E-state index is -4.11. The first-order valence-electron chi connectivity index (χ1n) is 18.9. The summed E-state index contributed by atoms with van der Waals surface area (Å²) >= 11 is 0. The van der Waals surface area contributed by atoms with Crippen LogP contribution in [0.15, 0.2) is 12.7 Å². The van der Waals surface area contributed by atoms with Crippen molar-refractivity contribution in [1.82, 2.24) is 30.2 Å². The molecule has 2 aliphatic heterocycles. The monoisotopic (exact) mass is 835 g/mol. The van der Waals surface area contributed by atoms with Gasteiger partial charge in [-0.2, -0.15) is 0 Å². The molecule has 0 spiro atoms. The number of nitrogens with one attached hydrogen (secondary N) is 2. The first-order chi connectivity index (χ1) is 27.1. The van der Waals surface area contributed by atoms with Gasteiger partial charge in [-0.3, -0.25) is 23.2 Å². The first kappa shape index (κ1) is 46.7. The van der Waals surface area contributed by atoms with E-state index in [0.717, 1.165) is 0 Å².